The molecule has 88 valence electrons. The predicted octanol–water partition coefficient (Wildman–Crippen LogP) is 1.83. The van der Waals surface area contributed by atoms with Crippen LogP contribution in [0.3, 0.4) is 0 Å². The Kier molecular flexibility index (Phi) is 3.91. The van der Waals surface area contributed by atoms with Gasteiger partial charge in [0.05, 0.1) is 0 Å². The van der Waals surface area contributed by atoms with Crippen molar-refractivity contribution >= 4 is 0 Å². The number of hydrogen-bond donors (Lipinski definition) is 1. The standard InChI is InChI=1S/C13H21N3/c1-11(12-5-3-7-15-9-12)16-8-4-6-13(16)10-14-2/h3,5,7,9,11,13-14H,4,6,8,10H2,1-2H3. The van der Waals surface area contributed by atoms with Crippen LogP contribution in [0.5, 0.6) is 0 Å². The first-order valence-corrected chi connectivity index (χ1v) is 6.13. The van der Waals surface area contributed by atoms with Crippen LogP contribution < -0.4 is 5.32 Å². The van der Waals surface area contributed by atoms with E-state index in [-0.39, 0.29) is 0 Å². The molecule has 0 saturated carbocycles. The number of pyridine rings is 1. The van der Waals surface area contributed by atoms with Gasteiger partial charge in [0, 0.05) is 31.0 Å². The Hall–Kier alpha value is -0.930. The van der Waals surface area contributed by atoms with Gasteiger partial charge in [-0.25, -0.2) is 0 Å². The summed E-state index contributed by atoms with van der Waals surface area (Å²) in [4.78, 5) is 6.80. The number of nitrogens with zero attached hydrogens (tertiary/aromatic N) is 2. The molecule has 2 unspecified atom stereocenters. The molecule has 0 amide bonds. The summed E-state index contributed by atoms with van der Waals surface area (Å²) in [5.74, 6) is 0. The van der Waals surface area contributed by atoms with Gasteiger partial charge in [0.1, 0.15) is 0 Å². The van der Waals surface area contributed by atoms with Crippen LogP contribution in [0.25, 0.3) is 0 Å². The zero-order valence-corrected chi connectivity index (χ0v) is 10.2. The summed E-state index contributed by atoms with van der Waals surface area (Å²) in [6, 6.07) is 5.36. The third-order valence-electron chi connectivity index (χ3n) is 3.53. The van der Waals surface area contributed by atoms with Gasteiger partial charge in [0.2, 0.25) is 0 Å². The number of likely N-dealkylation sites (N-methyl/N-ethyl adjacent to an activating group) is 1. The highest BCUT2D eigenvalue weighted by molar-refractivity contribution is 5.14. The highest BCUT2D eigenvalue weighted by Crippen LogP contribution is 2.28. The van der Waals surface area contributed by atoms with Crippen molar-refractivity contribution in [2.24, 2.45) is 0 Å². The first-order valence-electron chi connectivity index (χ1n) is 6.13. The molecular weight excluding hydrogens is 198 g/mol. The van der Waals surface area contributed by atoms with Crippen molar-refractivity contribution in [3.8, 4) is 0 Å². The molecule has 1 fully saturated rings. The molecule has 3 heteroatoms. The lowest BCUT2D eigenvalue weighted by Gasteiger charge is -2.30. The summed E-state index contributed by atoms with van der Waals surface area (Å²) in [5, 5.41) is 3.29. The van der Waals surface area contributed by atoms with E-state index in [0.29, 0.717) is 12.1 Å². The summed E-state index contributed by atoms with van der Waals surface area (Å²) < 4.78 is 0. The van der Waals surface area contributed by atoms with Crippen molar-refractivity contribution in [1.82, 2.24) is 15.2 Å². The fourth-order valence-corrected chi connectivity index (χ4v) is 2.64. The maximum absolute atomic E-state index is 4.21. The molecule has 1 aromatic rings. The second-order valence-electron chi connectivity index (χ2n) is 4.55. The first kappa shape index (κ1) is 11.6. The molecule has 0 radical (unpaired) electrons. The smallest absolute Gasteiger partial charge is 0.0338 e. The van der Waals surface area contributed by atoms with Gasteiger partial charge in [-0.1, -0.05) is 6.07 Å². The number of hydrogen-bond acceptors (Lipinski definition) is 3. The Labute approximate surface area is 97.9 Å². The van der Waals surface area contributed by atoms with Gasteiger partial charge >= 0.3 is 0 Å². The Morgan fingerprint density at radius 2 is 2.50 bits per heavy atom. The van der Waals surface area contributed by atoms with Crippen LogP contribution >= 0.6 is 0 Å². The fraction of sp³-hybridized carbons (Fsp3) is 0.615. The summed E-state index contributed by atoms with van der Waals surface area (Å²) in [6.07, 6.45) is 6.45. The predicted molar refractivity (Wildman–Crippen MR) is 66.3 cm³/mol. The summed E-state index contributed by atoms with van der Waals surface area (Å²) in [6.45, 7) is 4.58. The van der Waals surface area contributed by atoms with Crippen molar-refractivity contribution in [2.75, 3.05) is 20.1 Å². The van der Waals surface area contributed by atoms with Crippen LogP contribution in [0.1, 0.15) is 31.4 Å². The van der Waals surface area contributed by atoms with E-state index in [2.05, 4.69) is 28.2 Å². The first-order chi connectivity index (χ1) is 7.83. The van der Waals surface area contributed by atoms with Gasteiger partial charge < -0.3 is 5.32 Å². The van der Waals surface area contributed by atoms with Gasteiger partial charge in [-0.3, -0.25) is 9.88 Å². The van der Waals surface area contributed by atoms with Crippen molar-refractivity contribution in [2.45, 2.75) is 31.8 Å². The minimum absolute atomic E-state index is 0.481. The van der Waals surface area contributed by atoms with E-state index in [1.807, 2.05) is 25.5 Å². The Morgan fingerprint density at radius 3 is 3.19 bits per heavy atom. The topological polar surface area (TPSA) is 28.2 Å². The highest BCUT2D eigenvalue weighted by atomic mass is 15.2. The summed E-state index contributed by atoms with van der Waals surface area (Å²) in [5.41, 5.74) is 1.32. The maximum Gasteiger partial charge on any atom is 0.0338 e. The average Bonchev–Trinajstić information content (AvgIpc) is 2.78. The van der Waals surface area contributed by atoms with Gasteiger partial charge in [0.25, 0.3) is 0 Å². The zero-order chi connectivity index (χ0) is 11.4. The van der Waals surface area contributed by atoms with Crippen LogP contribution in [0.15, 0.2) is 24.5 Å². The van der Waals surface area contributed by atoms with Gasteiger partial charge in [-0.05, 0) is 45.0 Å². The van der Waals surface area contributed by atoms with Crippen molar-refractivity contribution in [3.05, 3.63) is 30.1 Å². The van der Waals surface area contributed by atoms with E-state index in [0.717, 1.165) is 6.54 Å². The fourth-order valence-electron chi connectivity index (χ4n) is 2.64. The number of likely N-dealkylation sites (tertiary alicyclic amines) is 1. The molecule has 2 rings (SSSR count). The molecule has 16 heavy (non-hydrogen) atoms. The monoisotopic (exact) mass is 219 g/mol. The Bertz CT molecular complexity index is 312. The zero-order valence-electron chi connectivity index (χ0n) is 10.2. The highest BCUT2D eigenvalue weighted by Gasteiger charge is 2.28. The summed E-state index contributed by atoms with van der Waals surface area (Å²) >= 11 is 0. The minimum Gasteiger partial charge on any atom is -0.318 e. The van der Waals surface area contributed by atoms with E-state index in [1.54, 1.807) is 0 Å². The molecule has 1 aromatic heterocycles. The lowest BCUT2D eigenvalue weighted by Crippen LogP contribution is -2.38. The molecule has 2 atom stereocenters. The van der Waals surface area contributed by atoms with Gasteiger partial charge in [-0.2, -0.15) is 0 Å². The van der Waals surface area contributed by atoms with Gasteiger partial charge in [0.15, 0.2) is 0 Å². The normalized spacial score (nSPS) is 23.5. The van der Waals surface area contributed by atoms with E-state index in [1.165, 1.54) is 24.9 Å². The molecule has 0 aromatic carbocycles. The Morgan fingerprint density at radius 1 is 1.62 bits per heavy atom. The second kappa shape index (κ2) is 5.41. The molecule has 1 N–H and O–H groups in total. The van der Waals surface area contributed by atoms with E-state index < -0.39 is 0 Å². The summed E-state index contributed by atoms with van der Waals surface area (Å²) in [7, 11) is 2.03. The third-order valence-corrected chi connectivity index (χ3v) is 3.53. The van der Waals surface area contributed by atoms with Crippen molar-refractivity contribution in [3.63, 3.8) is 0 Å². The largest absolute Gasteiger partial charge is 0.318 e. The average molecular weight is 219 g/mol. The molecule has 1 aliphatic rings. The second-order valence-corrected chi connectivity index (χ2v) is 4.55. The maximum atomic E-state index is 4.21. The number of rotatable bonds is 4. The van der Waals surface area contributed by atoms with E-state index in [4.69, 9.17) is 0 Å². The molecule has 2 heterocycles. The molecule has 1 saturated heterocycles. The molecule has 1 aliphatic heterocycles. The van der Waals surface area contributed by atoms with Crippen LogP contribution in [0, 0.1) is 0 Å². The quantitative estimate of drug-likeness (QED) is 0.837. The number of aromatic nitrogens is 1. The molecule has 0 spiro atoms. The van der Waals surface area contributed by atoms with E-state index in [9.17, 15) is 0 Å². The lowest BCUT2D eigenvalue weighted by atomic mass is 10.1. The van der Waals surface area contributed by atoms with Crippen LogP contribution in [-0.4, -0.2) is 36.1 Å². The number of nitrogens with one attached hydrogen (secondary N) is 1. The van der Waals surface area contributed by atoms with Crippen LogP contribution in [0.4, 0.5) is 0 Å². The SMILES string of the molecule is CNCC1CCCN1C(C)c1cccnc1. The Balaban J connectivity index is 2.06. The van der Waals surface area contributed by atoms with Crippen molar-refractivity contribution < 1.29 is 0 Å². The van der Waals surface area contributed by atoms with Crippen molar-refractivity contribution in [1.29, 1.82) is 0 Å². The molecule has 3 nitrogen and oxygen atoms in total. The molecular formula is C13H21N3. The lowest BCUT2D eigenvalue weighted by molar-refractivity contribution is 0.191. The van der Waals surface area contributed by atoms with Gasteiger partial charge in [-0.15, -0.1) is 0 Å². The molecule has 0 bridgehead atoms. The van der Waals surface area contributed by atoms with E-state index >= 15 is 0 Å². The molecule has 0 aliphatic carbocycles. The third kappa shape index (κ3) is 2.42. The van der Waals surface area contributed by atoms with Crippen LogP contribution in [-0.2, 0) is 0 Å². The minimum atomic E-state index is 0.481. The van der Waals surface area contributed by atoms with Crippen LogP contribution in [0.2, 0.25) is 0 Å².